The van der Waals surface area contributed by atoms with Crippen LogP contribution in [0.25, 0.3) is 5.69 Å². The molecule has 0 atom stereocenters. The summed E-state index contributed by atoms with van der Waals surface area (Å²) in [5.41, 5.74) is 1.14. The Balaban J connectivity index is 1.34. The molecule has 8 heteroatoms. The summed E-state index contributed by atoms with van der Waals surface area (Å²) >= 11 is 0. The van der Waals surface area contributed by atoms with Crippen molar-refractivity contribution in [1.29, 1.82) is 0 Å². The average molecular weight is 393 g/mol. The Morgan fingerprint density at radius 3 is 2.41 bits per heavy atom. The molecule has 0 radical (unpaired) electrons. The highest BCUT2D eigenvalue weighted by Crippen LogP contribution is 2.15. The molecule has 0 saturated carbocycles. The van der Waals surface area contributed by atoms with E-state index in [-0.39, 0.29) is 23.2 Å². The standard InChI is InChI=1S/C21H20FN5O2/c22-18-9-5-4-8-17(18)20(28)23-15-10-12-26(13-11-15)21(29)19-14-27(25-24-19)16-6-2-1-3-7-16/h1-9,14-15H,10-13H2,(H,23,28). The molecule has 2 aromatic carbocycles. The van der Waals surface area contributed by atoms with E-state index in [4.69, 9.17) is 0 Å². The number of aromatic nitrogens is 3. The number of nitrogens with zero attached hydrogens (tertiary/aromatic N) is 4. The number of benzene rings is 2. The molecule has 2 heterocycles. The summed E-state index contributed by atoms with van der Waals surface area (Å²) in [5.74, 6) is -1.16. The van der Waals surface area contributed by atoms with Crippen LogP contribution in [0.3, 0.4) is 0 Å². The molecule has 2 amide bonds. The van der Waals surface area contributed by atoms with E-state index in [1.807, 2.05) is 30.3 Å². The van der Waals surface area contributed by atoms with E-state index in [1.54, 1.807) is 27.9 Å². The SMILES string of the molecule is O=C(NC1CCN(C(=O)c2cn(-c3ccccc3)nn2)CC1)c1ccccc1F. The lowest BCUT2D eigenvalue weighted by atomic mass is 10.0. The van der Waals surface area contributed by atoms with Crippen LogP contribution in [0.2, 0.25) is 0 Å². The summed E-state index contributed by atoms with van der Waals surface area (Å²) in [6, 6.07) is 15.2. The number of carbonyl (C=O) groups excluding carboxylic acids is 2. The Labute approximate surface area is 167 Å². The van der Waals surface area contributed by atoms with Gasteiger partial charge in [0, 0.05) is 19.1 Å². The van der Waals surface area contributed by atoms with Gasteiger partial charge in [-0.1, -0.05) is 35.5 Å². The van der Waals surface area contributed by atoms with Crippen molar-refractivity contribution in [2.24, 2.45) is 0 Å². The molecule has 0 spiro atoms. The molecule has 29 heavy (non-hydrogen) atoms. The zero-order chi connectivity index (χ0) is 20.2. The van der Waals surface area contributed by atoms with Crippen LogP contribution in [0.15, 0.2) is 60.8 Å². The number of carbonyl (C=O) groups is 2. The van der Waals surface area contributed by atoms with Crippen LogP contribution in [0.4, 0.5) is 4.39 Å². The van der Waals surface area contributed by atoms with E-state index in [2.05, 4.69) is 15.6 Å². The highest BCUT2D eigenvalue weighted by Gasteiger charge is 2.27. The topological polar surface area (TPSA) is 80.1 Å². The molecular formula is C21H20FN5O2. The largest absolute Gasteiger partial charge is 0.349 e. The fraction of sp³-hybridized carbons (Fsp3) is 0.238. The van der Waals surface area contributed by atoms with E-state index in [9.17, 15) is 14.0 Å². The van der Waals surface area contributed by atoms with Crippen LogP contribution in [0.1, 0.15) is 33.7 Å². The van der Waals surface area contributed by atoms with Crippen molar-refractivity contribution in [3.05, 3.63) is 77.9 Å². The second-order valence-electron chi connectivity index (χ2n) is 6.90. The second-order valence-corrected chi connectivity index (χ2v) is 6.90. The maximum absolute atomic E-state index is 13.7. The minimum Gasteiger partial charge on any atom is -0.349 e. The lowest BCUT2D eigenvalue weighted by Crippen LogP contribution is -2.46. The van der Waals surface area contributed by atoms with Crippen LogP contribution in [0.5, 0.6) is 0 Å². The Kier molecular flexibility index (Phi) is 5.33. The van der Waals surface area contributed by atoms with Crippen LogP contribution in [-0.2, 0) is 0 Å². The van der Waals surface area contributed by atoms with Crippen molar-refractivity contribution in [3.63, 3.8) is 0 Å². The van der Waals surface area contributed by atoms with E-state index >= 15 is 0 Å². The molecule has 3 aromatic rings. The van der Waals surface area contributed by atoms with Crippen molar-refractivity contribution in [3.8, 4) is 5.69 Å². The maximum Gasteiger partial charge on any atom is 0.276 e. The number of amides is 2. The minimum atomic E-state index is -0.542. The van der Waals surface area contributed by atoms with Crippen LogP contribution in [0, 0.1) is 5.82 Å². The molecular weight excluding hydrogens is 373 g/mol. The molecule has 1 aliphatic heterocycles. The van der Waals surface area contributed by atoms with Gasteiger partial charge in [-0.25, -0.2) is 9.07 Å². The number of piperidine rings is 1. The summed E-state index contributed by atoms with van der Waals surface area (Å²) in [5, 5.41) is 10.9. The lowest BCUT2D eigenvalue weighted by molar-refractivity contribution is 0.0692. The fourth-order valence-corrected chi connectivity index (χ4v) is 3.37. The number of hydrogen-bond acceptors (Lipinski definition) is 4. The minimum absolute atomic E-state index is 0.0310. The summed E-state index contributed by atoms with van der Waals surface area (Å²) in [4.78, 5) is 26.7. The third kappa shape index (κ3) is 4.16. The molecule has 148 valence electrons. The van der Waals surface area contributed by atoms with Gasteiger partial charge in [-0.3, -0.25) is 9.59 Å². The Bertz CT molecular complexity index is 1010. The van der Waals surface area contributed by atoms with Crippen molar-refractivity contribution in [1.82, 2.24) is 25.2 Å². The maximum atomic E-state index is 13.7. The van der Waals surface area contributed by atoms with Gasteiger partial charge in [-0.2, -0.15) is 0 Å². The number of para-hydroxylation sites is 1. The molecule has 1 aromatic heterocycles. The fourth-order valence-electron chi connectivity index (χ4n) is 3.37. The van der Waals surface area contributed by atoms with Gasteiger partial charge in [0.05, 0.1) is 17.4 Å². The quantitative estimate of drug-likeness (QED) is 0.738. The molecule has 1 N–H and O–H groups in total. The van der Waals surface area contributed by atoms with Gasteiger partial charge in [0.15, 0.2) is 5.69 Å². The van der Waals surface area contributed by atoms with Gasteiger partial charge in [0.25, 0.3) is 11.8 Å². The van der Waals surface area contributed by atoms with Gasteiger partial charge < -0.3 is 10.2 Å². The van der Waals surface area contributed by atoms with E-state index in [0.29, 0.717) is 25.9 Å². The van der Waals surface area contributed by atoms with E-state index in [0.717, 1.165) is 5.69 Å². The predicted molar refractivity (Wildman–Crippen MR) is 104 cm³/mol. The molecule has 1 fully saturated rings. The highest BCUT2D eigenvalue weighted by atomic mass is 19.1. The summed E-state index contributed by atoms with van der Waals surface area (Å²) in [7, 11) is 0. The molecule has 0 aliphatic carbocycles. The predicted octanol–water partition coefficient (Wildman–Crippen LogP) is 2.44. The number of hydrogen-bond donors (Lipinski definition) is 1. The van der Waals surface area contributed by atoms with Gasteiger partial charge in [0.2, 0.25) is 0 Å². The Morgan fingerprint density at radius 2 is 1.69 bits per heavy atom. The molecule has 1 saturated heterocycles. The zero-order valence-electron chi connectivity index (χ0n) is 15.7. The van der Waals surface area contributed by atoms with Gasteiger partial charge >= 0.3 is 0 Å². The van der Waals surface area contributed by atoms with Crippen molar-refractivity contribution in [2.75, 3.05) is 13.1 Å². The first-order valence-corrected chi connectivity index (χ1v) is 9.44. The first-order valence-electron chi connectivity index (χ1n) is 9.44. The monoisotopic (exact) mass is 393 g/mol. The zero-order valence-corrected chi connectivity index (χ0v) is 15.7. The van der Waals surface area contributed by atoms with Gasteiger partial charge in [-0.15, -0.1) is 5.10 Å². The molecule has 0 bridgehead atoms. The molecule has 4 rings (SSSR count). The Hall–Kier alpha value is -3.55. The highest BCUT2D eigenvalue weighted by molar-refractivity contribution is 5.94. The van der Waals surface area contributed by atoms with Crippen molar-refractivity contribution >= 4 is 11.8 Å². The third-order valence-electron chi connectivity index (χ3n) is 4.97. The number of nitrogens with one attached hydrogen (secondary N) is 1. The smallest absolute Gasteiger partial charge is 0.276 e. The average Bonchev–Trinajstić information content (AvgIpc) is 3.25. The van der Waals surface area contributed by atoms with Crippen molar-refractivity contribution in [2.45, 2.75) is 18.9 Å². The summed E-state index contributed by atoms with van der Waals surface area (Å²) in [6.45, 7) is 0.971. The first-order chi connectivity index (χ1) is 14.1. The summed E-state index contributed by atoms with van der Waals surface area (Å²) in [6.07, 6.45) is 2.81. The lowest BCUT2D eigenvalue weighted by Gasteiger charge is -2.31. The van der Waals surface area contributed by atoms with Crippen molar-refractivity contribution < 1.29 is 14.0 Å². The Morgan fingerprint density at radius 1 is 1.00 bits per heavy atom. The van der Waals surface area contributed by atoms with E-state index in [1.165, 1.54) is 12.1 Å². The van der Waals surface area contributed by atoms with Crippen LogP contribution < -0.4 is 5.32 Å². The molecule has 7 nitrogen and oxygen atoms in total. The van der Waals surface area contributed by atoms with E-state index < -0.39 is 11.7 Å². The third-order valence-corrected chi connectivity index (χ3v) is 4.97. The summed E-state index contributed by atoms with van der Waals surface area (Å²) < 4.78 is 15.3. The number of likely N-dealkylation sites (tertiary alicyclic amines) is 1. The number of halogens is 1. The second kappa shape index (κ2) is 8.22. The van der Waals surface area contributed by atoms with Gasteiger partial charge in [-0.05, 0) is 37.1 Å². The van der Waals surface area contributed by atoms with Crippen LogP contribution >= 0.6 is 0 Å². The first kappa shape index (κ1) is 18.8. The van der Waals surface area contributed by atoms with Gasteiger partial charge in [0.1, 0.15) is 5.82 Å². The van der Waals surface area contributed by atoms with Crippen LogP contribution in [-0.4, -0.2) is 50.8 Å². The molecule has 1 aliphatic rings. The molecule has 0 unspecified atom stereocenters. The normalized spacial score (nSPS) is 14.6. The number of rotatable bonds is 4.